The standard InChI is InChI=1S/C18H27FO/c1-2-3-4-5-6-7-8-9-13-17(20)15-16-12-10-11-14-18(16)19/h10-12,14H,2-9,13,15H2,1H3. The van der Waals surface area contributed by atoms with Gasteiger partial charge < -0.3 is 0 Å². The molecule has 0 heterocycles. The third kappa shape index (κ3) is 7.42. The monoisotopic (exact) mass is 278 g/mol. The van der Waals surface area contributed by atoms with E-state index in [9.17, 15) is 9.18 Å². The van der Waals surface area contributed by atoms with Gasteiger partial charge in [0.1, 0.15) is 11.6 Å². The van der Waals surface area contributed by atoms with Crippen molar-refractivity contribution in [1.82, 2.24) is 0 Å². The first-order valence-electron chi connectivity index (χ1n) is 7.99. The van der Waals surface area contributed by atoms with Crippen LogP contribution in [0.4, 0.5) is 4.39 Å². The molecule has 0 saturated carbocycles. The number of hydrogen-bond acceptors (Lipinski definition) is 1. The lowest BCUT2D eigenvalue weighted by Crippen LogP contribution is -2.04. The number of halogens is 1. The van der Waals surface area contributed by atoms with Gasteiger partial charge in [0, 0.05) is 12.8 Å². The molecule has 0 atom stereocenters. The smallest absolute Gasteiger partial charge is 0.137 e. The maximum atomic E-state index is 13.4. The molecular formula is C18H27FO. The average molecular weight is 278 g/mol. The molecule has 0 aromatic heterocycles. The Bertz CT molecular complexity index is 387. The molecule has 0 unspecified atom stereocenters. The first-order chi connectivity index (χ1) is 9.74. The SMILES string of the molecule is CCCCCCCCCCC(=O)Cc1ccccc1F. The van der Waals surface area contributed by atoms with Crippen molar-refractivity contribution in [3.05, 3.63) is 35.6 Å². The summed E-state index contributed by atoms with van der Waals surface area (Å²) in [6.45, 7) is 2.22. The van der Waals surface area contributed by atoms with Gasteiger partial charge in [-0.25, -0.2) is 4.39 Å². The Balaban J connectivity index is 2.05. The Hall–Kier alpha value is -1.18. The van der Waals surface area contributed by atoms with Crippen molar-refractivity contribution in [2.45, 2.75) is 71.1 Å². The Morgan fingerprint density at radius 2 is 1.55 bits per heavy atom. The highest BCUT2D eigenvalue weighted by atomic mass is 19.1. The third-order valence-electron chi connectivity index (χ3n) is 3.65. The zero-order valence-electron chi connectivity index (χ0n) is 12.7. The highest BCUT2D eigenvalue weighted by Gasteiger charge is 2.07. The van der Waals surface area contributed by atoms with Crippen LogP contribution in [0.3, 0.4) is 0 Å². The van der Waals surface area contributed by atoms with E-state index in [1.165, 1.54) is 44.6 Å². The van der Waals surface area contributed by atoms with Crippen molar-refractivity contribution < 1.29 is 9.18 Å². The van der Waals surface area contributed by atoms with Gasteiger partial charge in [0.15, 0.2) is 0 Å². The molecule has 0 saturated heterocycles. The van der Waals surface area contributed by atoms with Crippen molar-refractivity contribution >= 4 is 5.78 Å². The fourth-order valence-corrected chi connectivity index (χ4v) is 2.40. The fourth-order valence-electron chi connectivity index (χ4n) is 2.40. The zero-order chi connectivity index (χ0) is 14.6. The highest BCUT2D eigenvalue weighted by molar-refractivity contribution is 5.80. The summed E-state index contributed by atoms with van der Waals surface area (Å²) in [5.41, 5.74) is 0.525. The van der Waals surface area contributed by atoms with Crippen LogP contribution in [0, 0.1) is 5.82 Å². The summed E-state index contributed by atoms with van der Waals surface area (Å²) in [6, 6.07) is 6.55. The summed E-state index contributed by atoms with van der Waals surface area (Å²) >= 11 is 0. The molecule has 1 aromatic carbocycles. The number of hydrogen-bond donors (Lipinski definition) is 0. The minimum absolute atomic E-state index is 0.154. The molecule has 0 radical (unpaired) electrons. The lowest BCUT2D eigenvalue weighted by atomic mass is 10.0. The van der Waals surface area contributed by atoms with Crippen molar-refractivity contribution in [2.24, 2.45) is 0 Å². The molecule has 0 fully saturated rings. The van der Waals surface area contributed by atoms with Gasteiger partial charge in [-0.1, -0.05) is 70.1 Å². The van der Waals surface area contributed by atoms with Crippen molar-refractivity contribution in [2.75, 3.05) is 0 Å². The first-order valence-corrected chi connectivity index (χ1v) is 7.99. The Kier molecular flexibility index (Phi) is 8.93. The van der Waals surface area contributed by atoms with Crippen molar-refractivity contribution in [3.63, 3.8) is 0 Å². The minimum Gasteiger partial charge on any atom is -0.299 e. The summed E-state index contributed by atoms with van der Waals surface area (Å²) < 4.78 is 13.4. The van der Waals surface area contributed by atoms with Crippen LogP contribution in [-0.2, 0) is 11.2 Å². The number of Topliss-reactive ketones (excluding diaryl/α,β-unsaturated/α-hetero) is 1. The van der Waals surface area contributed by atoms with Crippen LogP contribution in [0.1, 0.15) is 70.3 Å². The van der Waals surface area contributed by atoms with Gasteiger partial charge in [-0.2, -0.15) is 0 Å². The maximum absolute atomic E-state index is 13.4. The molecule has 1 nitrogen and oxygen atoms in total. The molecule has 20 heavy (non-hydrogen) atoms. The van der Waals surface area contributed by atoms with E-state index in [1.54, 1.807) is 18.2 Å². The summed E-state index contributed by atoms with van der Waals surface area (Å²) in [7, 11) is 0. The van der Waals surface area contributed by atoms with E-state index in [0.717, 1.165) is 12.8 Å². The van der Waals surface area contributed by atoms with E-state index in [0.29, 0.717) is 12.0 Å². The Morgan fingerprint density at radius 3 is 2.20 bits per heavy atom. The fraction of sp³-hybridized carbons (Fsp3) is 0.611. The summed E-state index contributed by atoms with van der Waals surface area (Å²) in [4.78, 5) is 11.8. The number of benzene rings is 1. The van der Waals surface area contributed by atoms with E-state index >= 15 is 0 Å². The zero-order valence-corrected chi connectivity index (χ0v) is 12.7. The lowest BCUT2D eigenvalue weighted by molar-refractivity contribution is -0.118. The lowest BCUT2D eigenvalue weighted by Gasteiger charge is -2.03. The predicted octanol–water partition coefficient (Wildman–Crippen LogP) is 5.47. The molecule has 0 N–H and O–H groups in total. The maximum Gasteiger partial charge on any atom is 0.137 e. The molecule has 112 valence electrons. The number of ketones is 1. The molecular weight excluding hydrogens is 251 g/mol. The van der Waals surface area contributed by atoms with Gasteiger partial charge in [-0.05, 0) is 18.1 Å². The van der Waals surface area contributed by atoms with Crippen LogP contribution in [0.25, 0.3) is 0 Å². The Labute approximate surface area is 122 Å². The molecule has 0 spiro atoms. The summed E-state index contributed by atoms with van der Waals surface area (Å²) in [5.74, 6) is -0.113. The molecule has 0 bridgehead atoms. The van der Waals surface area contributed by atoms with Gasteiger partial charge in [-0.15, -0.1) is 0 Å². The molecule has 1 aromatic rings. The van der Waals surface area contributed by atoms with Crippen LogP contribution < -0.4 is 0 Å². The van der Waals surface area contributed by atoms with Crippen molar-refractivity contribution in [1.29, 1.82) is 0 Å². The predicted molar refractivity (Wildman–Crippen MR) is 82.3 cm³/mol. The van der Waals surface area contributed by atoms with E-state index < -0.39 is 0 Å². The highest BCUT2D eigenvalue weighted by Crippen LogP contribution is 2.12. The average Bonchev–Trinajstić information content (AvgIpc) is 2.44. The van der Waals surface area contributed by atoms with Crippen LogP contribution >= 0.6 is 0 Å². The van der Waals surface area contributed by atoms with Gasteiger partial charge in [-0.3, -0.25) is 4.79 Å². The molecule has 0 aliphatic heterocycles. The molecule has 2 heteroatoms. The number of rotatable bonds is 11. The van der Waals surface area contributed by atoms with Crippen LogP contribution in [0.2, 0.25) is 0 Å². The normalized spacial score (nSPS) is 10.7. The second-order valence-electron chi connectivity index (χ2n) is 5.53. The number of unbranched alkanes of at least 4 members (excludes halogenated alkanes) is 7. The van der Waals surface area contributed by atoms with Gasteiger partial charge in [0.25, 0.3) is 0 Å². The van der Waals surface area contributed by atoms with E-state index in [2.05, 4.69) is 6.92 Å². The largest absolute Gasteiger partial charge is 0.299 e. The van der Waals surface area contributed by atoms with Crippen LogP contribution in [0.15, 0.2) is 24.3 Å². The molecule has 0 aliphatic carbocycles. The summed E-state index contributed by atoms with van der Waals surface area (Å²) in [5, 5.41) is 0. The molecule has 1 rings (SSSR count). The number of carbonyl (C=O) groups is 1. The van der Waals surface area contributed by atoms with Crippen LogP contribution in [-0.4, -0.2) is 5.78 Å². The van der Waals surface area contributed by atoms with Crippen LogP contribution in [0.5, 0.6) is 0 Å². The topological polar surface area (TPSA) is 17.1 Å². The quantitative estimate of drug-likeness (QED) is 0.491. The molecule has 0 amide bonds. The second-order valence-corrected chi connectivity index (χ2v) is 5.53. The number of carbonyl (C=O) groups excluding carboxylic acids is 1. The van der Waals surface area contributed by atoms with Gasteiger partial charge in [0.05, 0.1) is 0 Å². The van der Waals surface area contributed by atoms with E-state index in [-0.39, 0.29) is 18.0 Å². The van der Waals surface area contributed by atoms with Crippen molar-refractivity contribution in [3.8, 4) is 0 Å². The van der Waals surface area contributed by atoms with Gasteiger partial charge >= 0.3 is 0 Å². The Morgan fingerprint density at radius 1 is 0.950 bits per heavy atom. The minimum atomic E-state index is -0.267. The van der Waals surface area contributed by atoms with E-state index in [1.807, 2.05) is 0 Å². The second kappa shape index (κ2) is 10.6. The first kappa shape index (κ1) is 16.9. The summed E-state index contributed by atoms with van der Waals surface area (Å²) in [6.07, 6.45) is 10.7. The third-order valence-corrected chi connectivity index (χ3v) is 3.65. The molecule has 0 aliphatic rings. The van der Waals surface area contributed by atoms with Gasteiger partial charge in [0.2, 0.25) is 0 Å². The van der Waals surface area contributed by atoms with E-state index in [4.69, 9.17) is 0 Å².